The van der Waals surface area contributed by atoms with Crippen molar-refractivity contribution in [3.8, 4) is 0 Å². The molecule has 0 amide bonds. The molecule has 0 radical (unpaired) electrons. The molecular weight excluding hydrogens is 236 g/mol. The van der Waals surface area contributed by atoms with Crippen molar-refractivity contribution in [2.45, 2.75) is 6.54 Å². The molecule has 0 atom stereocenters. The second-order valence-corrected chi connectivity index (χ2v) is 3.50. The van der Waals surface area contributed by atoms with Crippen LogP contribution in [0.3, 0.4) is 0 Å². The number of hydrogen-bond donors (Lipinski definition) is 0. The van der Waals surface area contributed by atoms with Crippen LogP contribution in [0.1, 0.15) is 10.4 Å². The van der Waals surface area contributed by atoms with Gasteiger partial charge in [0.25, 0.3) is 0 Å². The number of halogens is 1. The number of rotatable bonds is 4. The van der Waals surface area contributed by atoms with Crippen LogP contribution in [0.15, 0.2) is 55.6 Å². The highest BCUT2D eigenvalue weighted by molar-refractivity contribution is 5.95. The van der Waals surface area contributed by atoms with E-state index in [9.17, 15) is 4.79 Å². The van der Waals surface area contributed by atoms with Gasteiger partial charge in [0.1, 0.15) is 12.4 Å². The molecule has 1 aromatic heterocycles. The lowest BCUT2D eigenvalue weighted by Gasteiger charge is -1.97. The number of imidazole rings is 1. The van der Waals surface area contributed by atoms with Gasteiger partial charge in [0.2, 0.25) is 12.1 Å². The van der Waals surface area contributed by atoms with E-state index in [0.29, 0.717) is 6.54 Å². The topological polar surface area (TPSA) is 25.9 Å². The summed E-state index contributed by atoms with van der Waals surface area (Å²) in [5.74, 6) is 0.104. The SMILES string of the molecule is C=C[n+]1ccn(CC(=O)c2ccccc2)c1.[Cl-]. The molecule has 0 aliphatic heterocycles. The van der Waals surface area contributed by atoms with Crippen molar-refractivity contribution in [3.05, 3.63) is 61.2 Å². The van der Waals surface area contributed by atoms with Crippen molar-refractivity contribution in [1.82, 2.24) is 4.57 Å². The summed E-state index contributed by atoms with van der Waals surface area (Å²) in [4.78, 5) is 11.9. The first-order chi connectivity index (χ1) is 7.79. The van der Waals surface area contributed by atoms with E-state index in [4.69, 9.17) is 0 Å². The minimum atomic E-state index is 0. The van der Waals surface area contributed by atoms with Gasteiger partial charge in [0, 0.05) is 5.56 Å². The molecule has 4 heteroatoms. The average molecular weight is 249 g/mol. The summed E-state index contributed by atoms with van der Waals surface area (Å²) in [5.41, 5.74) is 0.737. The predicted octanol–water partition coefficient (Wildman–Crippen LogP) is -1.24. The van der Waals surface area contributed by atoms with Crippen molar-refractivity contribution < 1.29 is 21.8 Å². The third-order valence-electron chi connectivity index (χ3n) is 2.34. The average Bonchev–Trinajstić information content (AvgIpc) is 2.78. The first kappa shape index (κ1) is 13.2. The van der Waals surface area contributed by atoms with E-state index >= 15 is 0 Å². The molecule has 0 N–H and O–H groups in total. The molecule has 0 aliphatic rings. The fourth-order valence-electron chi connectivity index (χ4n) is 1.49. The van der Waals surface area contributed by atoms with Crippen molar-refractivity contribution in [3.63, 3.8) is 0 Å². The lowest BCUT2D eigenvalue weighted by atomic mass is 10.1. The zero-order valence-corrected chi connectivity index (χ0v) is 10.0. The highest BCUT2D eigenvalue weighted by atomic mass is 35.5. The summed E-state index contributed by atoms with van der Waals surface area (Å²) < 4.78 is 3.63. The predicted molar refractivity (Wildman–Crippen MR) is 61.8 cm³/mol. The van der Waals surface area contributed by atoms with Crippen LogP contribution in [0.2, 0.25) is 0 Å². The molecule has 2 aromatic rings. The fraction of sp³-hybridized carbons (Fsp3) is 0.0769. The Kier molecular flexibility index (Phi) is 4.67. The first-order valence-corrected chi connectivity index (χ1v) is 5.07. The standard InChI is InChI=1S/C13H13N2O.ClH/c1-2-14-8-9-15(11-14)10-13(16)12-6-4-3-5-7-12;/h2-9,11H,1,10H2;1H/q+1;/p-1. The van der Waals surface area contributed by atoms with Crippen LogP contribution >= 0.6 is 0 Å². The molecule has 0 bridgehead atoms. The van der Waals surface area contributed by atoms with Crippen LogP contribution in [0.25, 0.3) is 6.20 Å². The van der Waals surface area contributed by atoms with Gasteiger partial charge in [-0.15, -0.1) is 0 Å². The number of Topliss-reactive ketones (excluding diaryl/α,β-unsaturated/α-hetero) is 1. The number of carbonyl (C=O) groups is 1. The van der Waals surface area contributed by atoms with Crippen LogP contribution < -0.4 is 17.0 Å². The first-order valence-electron chi connectivity index (χ1n) is 5.07. The number of hydrogen-bond acceptors (Lipinski definition) is 1. The van der Waals surface area contributed by atoms with Crippen LogP contribution in [0, 0.1) is 0 Å². The molecule has 0 spiro atoms. The Bertz CT molecular complexity index is 505. The third kappa shape index (κ3) is 3.29. The second kappa shape index (κ2) is 6.01. The van der Waals surface area contributed by atoms with Gasteiger partial charge in [-0.25, -0.2) is 9.13 Å². The molecule has 0 fully saturated rings. The minimum absolute atomic E-state index is 0. The van der Waals surface area contributed by atoms with Crippen LogP contribution in [-0.2, 0) is 6.54 Å². The lowest BCUT2D eigenvalue weighted by Crippen LogP contribution is -3.00. The molecule has 88 valence electrons. The van der Waals surface area contributed by atoms with E-state index in [2.05, 4.69) is 6.58 Å². The van der Waals surface area contributed by atoms with E-state index < -0.39 is 0 Å². The summed E-state index contributed by atoms with van der Waals surface area (Å²) in [5, 5.41) is 0. The lowest BCUT2D eigenvalue weighted by molar-refractivity contribution is -0.567. The maximum absolute atomic E-state index is 11.9. The van der Waals surface area contributed by atoms with E-state index in [0.717, 1.165) is 5.56 Å². The quantitative estimate of drug-likeness (QED) is 0.491. The summed E-state index contributed by atoms with van der Waals surface area (Å²) >= 11 is 0. The van der Waals surface area contributed by atoms with Crippen molar-refractivity contribution >= 4 is 12.0 Å². The van der Waals surface area contributed by atoms with E-state index in [-0.39, 0.29) is 18.2 Å². The smallest absolute Gasteiger partial charge is 0.248 e. The number of benzene rings is 1. The fourth-order valence-corrected chi connectivity index (χ4v) is 1.49. The molecule has 2 rings (SSSR count). The third-order valence-corrected chi connectivity index (χ3v) is 2.34. The number of aromatic nitrogens is 2. The zero-order chi connectivity index (χ0) is 11.4. The Labute approximate surface area is 106 Å². The normalized spacial score (nSPS) is 9.41. The van der Waals surface area contributed by atoms with Gasteiger partial charge in [-0.05, 0) is 0 Å². The van der Waals surface area contributed by atoms with Gasteiger partial charge in [-0.1, -0.05) is 36.9 Å². The summed E-state index contributed by atoms with van der Waals surface area (Å²) in [7, 11) is 0. The van der Waals surface area contributed by atoms with Crippen molar-refractivity contribution in [1.29, 1.82) is 0 Å². The molecule has 0 unspecified atom stereocenters. The van der Waals surface area contributed by atoms with Gasteiger partial charge >= 0.3 is 0 Å². The Morgan fingerprint density at radius 3 is 2.65 bits per heavy atom. The Balaban J connectivity index is 0.00000144. The van der Waals surface area contributed by atoms with Crippen molar-refractivity contribution in [2.24, 2.45) is 0 Å². The minimum Gasteiger partial charge on any atom is -1.00 e. The Morgan fingerprint density at radius 2 is 2.06 bits per heavy atom. The monoisotopic (exact) mass is 248 g/mol. The van der Waals surface area contributed by atoms with E-state index in [1.165, 1.54) is 0 Å². The maximum atomic E-state index is 11.9. The highest BCUT2D eigenvalue weighted by Crippen LogP contribution is 2.01. The van der Waals surface area contributed by atoms with Crippen LogP contribution in [-0.4, -0.2) is 10.4 Å². The molecule has 0 saturated heterocycles. The Morgan fingerprint density at radius 1 is 1.35 bits per heavy atom. The molecular formula is C13H13ClN2O. The maximum Gasteiger partial charge on any atom is 0.248 e. The van der Waals surface area contributed by atoms with Gasteiger partial charge in [0.05, 0.1) is 6.20 Å². The van der Waals surface area contributed by atoms with Crippen molar-refractivity contribution in [2.75, 3.05) is 0 Å². The number of nitrogens with zero attached hydrogens (tertiary/aromatic N) is 2. The molecule has 0 saturated carbocycles. The molecule has 17 heavy (non-hydrogen) atoms. The summed E-state index contributed by atoms with van der Waals surface area (Å²) in [6.45, 7) is 4.00. The zero-order valence-electron chi connectivity index (χ0n) is 9.29. The van der Waals surface area contributed by atoms with Crippen LogP contribution in [0.5, 0.6) is 0 Å². The summed E-state index contributed by atoms with van der Waals surface area (Å²) in [6, 6.07) is 9.29. The van der Waals surface area contributed by atoms with Gasteiger partial charge in [-0.2, -0.15) is 0 Å². The van der Waals surface area contributed by atoms with Crippen LogP contribution in [0.4, 0.5) is 0 Å². The molecule has 3 nitrogen and oxygen atoms in total. The highest BCUT2D eigenvalue weighted by Gasteiger charge is 2.09. The van der Waals surface area contributed by atoms with Gasteiger partial charge in [0.15, 0.2) is 6.54 Å². The molecule has 1 heterocycles. The summed E-state index contributed by atoms with van der Waals surface area (Å²) in [6.07, 6.45) is 7.21. The van der Waals surface area contributed by atoms with Gasteiger partial charge in [-0.3, -0.25) is 4.79 Å². The Hall–Kier alpha value is -1.87. The number of carbonyl (C=O) groups excluding carboxylic acids is 1. The van der Waals surface area contributed by atoms with E-state index in [1.54, 1.807) is 10.8 Å². The molecule has 1 aromatic carbocycles. The second-order valence-electron chi connectivity index (χ2n) is 3.50. The van der Waals surface area contributed by atoms with E-state index in [1.807, 2.05) is 53.6 Å². The largest absolute Gasteiger partial charge is 1.00 e. The van der Waals surface area contributed by atoms with Gasteiger partial charge < -0.3 is 12.4 Å². The molecule has 0 aliphatic carbocycles. The number of ketones is 1.